The van der Waals surface area contributed by atoms with Gasteiger partial charge >= 0.3 is 12.2 Å². The van der Waals surface area contributed by atoms with Crippen molar-refractivity contribution in [2.75, 3.05) is 4.90 Å². The van der Waals surface area contributed by atoms with Crippen molar-refractivity contribution in [1.82, 2.24) is 19.9 Å². The average Bonchev–Trinajstić information content (AvgIpc) is 3.37. The van der Waals surface area contributed by atoms with Gasteiger partial charge in [0.25, 0.3) is 0 Å². The highest BCUT2D eigenvalue weighted by Gasteiger charge is 2.29. The number of hydrogen-bond donors (Lipinski definition) is 1. The van der Waals surface area contributed by atoms with Crippen LogP contribution in [0.15, 0.2) is 35.1 Å². The summed E-state index contributed by atoms with van der Waals surface area (Å²) in [5, 5.41) is 6.67. The molecule has 3 aromatic rings. The van der Waals surface area contributed by atoms with E-state index in [4.69, 9.17) is 25.5 Å². The van der Waals surface area contributed by atoms with Gasteiger partial charge in [-0.25, -0.2) is 18.5 Å². The van der Waals surface area contributed by atoms with E-state index in [1.54, 1.807) is 65.9 Å². The Morgan fingerprint density at radius 3 is 2.46 bits per heavy atom. The lowest BCUT2D eigenvalue weighted by Gasteiger charge is -2.26. The molecule has 37 heavy (non-hydrogen) atoms. The van der Waals surface area contributed by atoms with Gasteiger partial charge < -0.3 is 19.2 Å². The maximum atomic E-state index is 14.4. The number of halogens is 2. The number of nitrogens with zero attached hydrogens (tertiary/aromatic N) is 4. The van der Waals surface area contributed by atoms with Crippen molar-refractivity contribution in [2.24, 2.45) is 0 Å². The van der Waals surface area contributed by atoms with Crippen molar-refractivity contribution in [3.63, 3.8) is 0 Å². The van der Waals surface area contributed by atoms with Crippen LogP contribution in [-0.4, -0.2) is 50.2 Å². The third kappa shape index (κ3) is 8.08. The molecule has 0 saturated carbocycles. The van der Waals surface area contributed by atoms with Crippen LogP contribution in [0.3, 0.4) is 0 Å². The predicted octanol–water partition coefficient (Wildman–Crippen LogP) is 5.71. The maximum absolute atomic E-state index is 14.4. The first kappa shape index (κ1) is 28.2. The zero-order valence-electron chi connectivity index (χ0n) is 22.0. The number of nitrogens with one attached hydrogen (secondary N) is 1. The second kappa shape index (κ2) is 11.0. The number of alkyl carbamates (subject to hydrolysis) is 1. The van der Waals surface area contributed by atoms with Crippen LogP contribution in [0.25, 0.3) is 5.52 Å². The summed E-state index contributed by atoms with van der Waals surface area (Å²) in [6.45, 7) is 11.8. The molecule has 0 aliphatic carbocycles. The summed E-state index contributed by atoms with van der Waals surface area (Å²) in [7, 11) is 0. The van der Waals surface area contributed by atoms with E-state index in [1.807, 2.05) is 0 Å². The number of furan rings is 1. The van der Waals surface area contributed by atoms with Gasteiger partial charge in [0.2, 0.25) is 5.28 Å². The van der Waals surface area contributed by atoms with Gasteiger partial charge in [0.1, 0.15) is 28.7 Å². The molecule has 10 nitrogen and oxygen atoms in total. The van der Waals surface area contributed by atoms with Gasteiger partial charge in [-0.3, -0.25) is 4.90 Å². The number of carbonyl (C=O) groups is 2. The number of fused-ring (bicyclic) bond motifs is 1. The molecule has 2 atom stereocenters. The Labute approximate surface area is 220 Å². The van der Waals surface area contributed by atoms with Crippen LogP contribution >= 0.6 is 11.6 Å². The topological polar surface area (TPSA) is 111 Å². The third-order valence-electron chi connectivity index (χ3n) is 4.95. The van der Waals surface area contributed by atoms with Crippen LogP contribution in [0.5, 0.6) is 0 Å². The van der Waals surface area contributed by atoms with E-state index in [1.165, 1.54) is 22.6 Å². The van der Waals surface area contributed by atoms with Gasteiger partial charge in [0.05, 0.1) is 18.8 Å². The Kier molecular flexibility index (Phi) is 8.36. The van der Waals surface area contributed by atoms with Crippen LogP contribution in [0, 0.1) is 0 Å². The minimum atomic E-state index is -1.37. The molecule has 0 saturated heterocycles. The Morgan fingerprint density at radius 2 is 1.89 bits per heavy atom. The number of aromatic nitrogens is 3. The summed E-state index contributed by atoms with van der Waals surface area (Å²) in [4.78, 5) is 31.0. The SMILES string of the molecule is C[C@H](F)[C@@H](Cc1cc2c(N(Cc3ccco3)C(=O)OC(C)(C)C)nc(Cl)nn2c1)NC(=O)OC(C)(C)C. The Bertz CT molecular complexity index is 1230. The number of alkyl halides is 1. The van der Waals surface area contributed by atoms with Crippen molar-refractivity contribution in [3.8, 4) is 0 Å². The van der Waals surface area contributed by atoms with Gasteiger partial charge in [-0.15, -0.1) is 5.10 Å². The van der Waals surface area contributed by atoms with Crippen LogP contribution < -0.4 is 10.2 Å². The number of hydrogen-bond acceptors (Lipinski definition) is 7. The van der Waals surface area contributed by atoms with Crippen molar-refractivity contribution >= 4 is 35.1 Å². The summed E-state index contributed by atoms with van der Waals surface area (Å²) >= 11 is 6.20. The molecule has 0 radical (unpaired) electrons. The van der Waals surface area contributed by atoms with Crippen LogP contribution in [0.4, 0.5) is 19.8 Å². The highest BCUT2D eigenvalue weighted by Crippen LogP contribution is 2.27. The van der Waals surface area contributed by atoms with Crippen molar-refractivity contribution in [2.45, 2.75) is 84.8 Å². The monoisotopic (exact) mass is 537 g/mol. The van der Waals surface area contributed by atoms with Crippen LogP contribution in [0.2, 0.25) is 5.28 Å². The van der Waals surface area contributed by atoms with Crippen LogP contribution in [-0.2, 0) is 22.4 Å². The van der Waals surface area contributed by atoms with Crippen molar-refractivity contribution in [1.29, 1.82) is 0 Å². The predicted molar refractivity (Wildman–Crippen MR) is 137 cm³/mol. The molecule has 12 heteroatoms. The molecule has 0 aliphatic rings. The fourth-order valence-electron chi connectivity index (χ4n) is 3.46. The zero-order chi connectivity index (χ0) is 27.5. The first-order valence-electron chi connectivity index (χ1n) is 11.8. The molecular weight excluding hydrogens is 505 g/mol. The molecule has 3 heterocycles. The second-order valence-corrected chi connectivity index (χ2v) is 11.0. The summed E-state index contributed by atoms with van der Waals surface area (Å²) in [5.74, 6) is 0.681. The Morgan fingerprint density at radius 1 is 1.22 bits per heavy atom. The molecule has 0 fully saturated rings. The number of amides is 2. The van der Waals surface area contributed by atoms with Crippen LogP contribution in [0.1, 0.15) is 59.8 Å². The van der Waals surface area contributed by atoms with Gasteiger partial charge in [0.15, 0.2) is 5.82 Å². The largest absolute Gasteiger partial charge is 0.467 e. The number of rotatable bonds is 7. The number of carbonyl (C=O) groups excluding carboxylic acids is 2. The smallest absolute Gasteiger partial charge is 0.416 e. The van der Waals surface area contributed by atoms with E-state index in [0.717, 1.165) is 0 Å². The van der Waals surface area contributed by atoms with E-state index < -0.39 is 35.6 Å². The standard InChI is InChI=1S/C25H33ClFN5O5/c1-15(27)18(28-22(33)36-24(2,3)4)11-16-12-19-20(29-21(26)30-32(19)13-16)31(14-17-9-8-10-35-17)23(34)37-25(5,6)7/h8-10,12-13,15,18H,11,14H2,1-7H3,(H,28,33)/t15-,18+/m0/s1. The third-order valence-corrected chi connectivity index (χ3v) is 5.11. The minimum absolute atomic E-state index is 0.0236. The summed E-state index contributed by atoms with van der Waals surface area (Å²) in [6, 6.07) is 4.26. The van der Waals surface area contributed by atoms with Crippen molar-refractivity contribution < 1.29 is 27.9 Å². The van der Waals surface area contributed by atoms with Gasteiger partial charge in [-0.1, -0.05) is 0 Å². The fourth-order valence-corrected chi connectivity index (χ4v) is 3.63. The number of anilines is 1. The Balaban J connectivity index is 1.97. The van der Waals surface area contributed by atoms with Gasteiger partial charge in [-0.2, -0.15) is 4.98 Å². The molecule has 0 aliphatic heterocycles. The van der Waals surface area contributed by atoms with Gasteiger partial charge in [-0.05, 0) is 90.3 Å². The average molecular weight is 538 g/mol. The Hall–Kier alpha value is -3.34. The molecular formula is C25H33ClFN5O5. The van der Waals surface area contributed by atoms with E-state index in [0.29, 0.717) is 16.8 Å². The lowest BCUT2D eigenvalue weighted by molar-refractivity contribution is 0.0476. The molecule has 3 rings (SSSR count). The summed E-state index contributed by atoms with van der Waals surface area (Å²) in [5.41, 5.74) is -0.430. The normalized spacial score (nSPS) is 13.8. The number of ether oxygens (including phenoxy) is 2. The quantitative estimate of drug-likeness (QED) is 0.410. The molecule has 1 N–H and O–H groups in total. The first-order chi connectivity index (χ1) is 17.1. The highest BCUT2D eigenvalue weighted by molar-refractivity contribution is 6.28. The van der Waals surface area contributed by atoms with E-state index in [9.17, 15) is 14.0 Å². The molecule has 2 amide bonds. The lowest BCUT2D eigenvalue weighted by atomic mass is 10.1. The molecule has 0 unspecified atom stereocenters. The second-order valence-electron chi connectivity index (χ2n) is 10.7. The highest BCUT2D eigenvalue weighted by atomic mass is 35.5. The first-order valence-corrected chi connectivity index (χ1v) is 12.2. The van der Waals surface area contributed by atoms with E-state index in [-0.39, 0.29) is 24.1 Å². The molecule has 202 valence electrons. The lowest BCUT2D eigenvalue weighted by Crippen LogP contribution is -2.44. The minimum Gasteiger partial charge on any atom is -0.467 e. The van der Waals surface area contributed by atoms with E-state index in [2.05, 4.69) is 15.4 Å². The summed E-state index contributed by atoms with van der Waals surface area (Å²) in [6.07, 6.45) is 0.507. The maximum Gasteiger partial charge on any atom is 0.416 e. The summed E-state index contributed by atoms with van der Waals surface area (Å²) < 4.78 is 32.2. The van der Waals surface area contributed by atoms with E-state index >= 15 is 0 Å². The van der Waals surface area contributed by atoms with Crippen molar-refractivity contribution in [3.05, 3.63) is 47.3 Å². The van der Waals surface area contributed by atoms with Gasteiger partial charge in [0, 0.05) is 6.20 Å². The fraction of sp³-hybridized carbons (Fsp3) is 0.520. The molecule has 0 aromatic carbocycles. The molecule has 0 bridgehead atoms. The molecule has 3 aromatic heterocycles. The molecule has 0 spiro atoms. The zero-order valence-corrected chi connectivity index (χ0v) is 22.8.